The van der Waals surface area contributed by atoms with Gasteiger partial charge in [0.1, 0.15) is 0 Å². The Kier molecular flexibility index (Phi) is 7.17. The first-order valence-corrected chi connectivity index (χ1v) is 15.4. The van der Waals surface area contributed by atoms with Gasteiger partial charge in [-0.3, -0.25) is 0 Å². The SMILES string of the molecule is C/C=C\c1ccc2c3c(n(-c4ccc(-c5ccc(Cc6ccc(-c7ccccc7)cc6)cc5)cc4)c2c1C)C(C)CC=C3. The van der Waals surface area contributed by atoms with E-state index in [4.69, 9.17) is 0 Å². The summed E-state index contributed by atoms with van der Waals surface area (Å²) in [7, 11) is 0. The molecule has 43 heavy (non-hydrogen) atoms. The summed E-state index contributed by atoms with van der Waals surface area (Å²) in [5.74, 6) is 0.471. The van der Waals surface area contributed by atoms with Crippen LogP contribution in [0.2, 0.25) is 0 Å². The van der Waals surface area contributed by atoms with E-state index < -0.39 is 0 Å². The lowest BCUT2D eigenvalue weighted by Crippen LogP contribution is -2.07. The Hall–Kier alpha value is -4.88. The monoisotopic (exact) mass is 555 g/mol. The van der Waals surface area contributed by atoms with Gasteiger partial charge in [0, 0.05) is 28.2 Å². The van der Waals surface area contributed by atoms with Gasteiger partial charge in [0.2, 0.25) is 0 Å². The maximum atomic E-state index is 2.52. The number of allylic oxidation sites excluding steroid dienone is 2. The van der Waals surface area contributed by atoms with E-state index in [2.05, 4.69) is 165 Å². The lowest BCUT2D eigenvalue weighted by molar-refractivity contribution is 0.723. The summed E-state index contributed by atoms with van der Waals surface area (Å²) in [6.07, 6.45) is 11.0. The number of aromatic nitrogens is 1. The molecular formula is C42H37N. The molecule has 1 aliphatic carbocycles. The Bertz CT molecular complexity index is 1950. The minimum atomic E-state index is 0.471. The fourth-order valence-electron chi connectivity index (χ4n) is 6.69. The van der Waals surface area contributed by atoms with E-state index in [0.717, 1.165) is 12.8 Å². The highest BCUT2D eigenvalue weighted by molar-refractivity contribution is 5.97. The third kappa shape index (κ3) is 5.06. The first-order valence-electron chi connectivity index (χ1n) is 15.4. The van der Waals surface area contributed by atoms with Gasteiger partial charge in [-0.25, -0.2) is 0 Å². The van der Waals surface area contributed by atoms with Crippen LogP contribution in [-0.2, 0) is 6.42 Å². The van der Waals surface area contributed by atoms with Gasteiger partial charge in [0.25, 0.3) is 0 Å². The van der Waals surface area contributed by atoms with Crippen molar-refractivity contribution in [2.24, 2.45) is 0 Å². The van der Waals surface area contributed by atoms with Crippen LogP contribution in [-0.4, -0.2) is 4.57 Å². The summed E-state index contributed by atoms with van der Waals surface area (Å²) < 4.78 is 2.52. The molecule has 0 radical (unpaired) electrons. The number of fused-ring (bicyclic) bond motifs is 3. The summed E-state index contributed by atoms with van der Waals surface area (Å²) in [5, 5.41) is 1.35. The van der Waals surface area contributed by atoms with Crippen LogP contribution in [0.1, 0.15) is 59.7 Å². The Morgan fingerprint density at radius 2 is 1.28 bits per heavy atom. The van der Waals surface area contributed by atoms with Crippen molar-refractivity contribution in [3.8, 4) is 27.9 Å². The lowest BCUT2D eigenvalue weighted by Gasteiger charge is -2.20. The molecule has 1 nitrogen and oxygen atoms in total. The van der Waals surface area contributed by atoms with Crippen molar-refractivity contribution in [1.29, 1.82) is 0 Å². The van der Waals surface area contributed by atoms with Crippen molar-refractivity contribution < 1.29 is 0 Å². The van der Waals surface area contributed by atoms with Crippen LogP contribution in [0.3, 0.4) is 0 Å². The Morgan fingerprint density at radius 1 is 0.698 bits per heavy atom. The van der Waals surface area contributed by atoms with Crippen LogP contribution in [0.15, 0.2) is 127 Å². The Morgan fingerprint density at radius 3 is 1.88 bits per heavy atom. The summed E-state index contributed by atoms with van der Waals surface area (Å²) in [6.45, 7) is 6.71. The number of nitrogens with zero attached hydrogens (tertiary/aromatic N) is 1. The van der Waals surface area contributed by atoms with Crippen molar-refractivity contribution in [1.82, 2.24) is 4.57 Å². The van der Waals surface area contributed by atoms with Gasteiger partial charge in [-0.2, -0.15) is 0 Å². The quantitative estimate of drug-likeness (QED) is 0.193. The second-order valence-electron chi connectivity index (χ2n) is 11.8. The van der Waals surface area contributed by atoms with Gasteiger partial charge in [-0.15, -0.1) is 0 Å². The highest BCUT2D eigenvalue weighted by atomic mass is 15.0. The van der Waals surface area contributed by atoms with Crippen LogP contribution >= 0.6 is 0 Å². The molecule has 1 heterocycles. The number of hydrogen-bond acceptors (Lipinski definition) is 0. The number of rotatable bonds is 6. The molecule has 0 saturated heterocycles. The molecule has 1 heteroatoms. The van der Waals surface area contributed by atoms with Crippen molar-refractivity contribution in [2.75, 3.05) is 0 Å². The van der Waals surface area contributed by atoms with E-state index >= 15 is 0 Å². The summed E-state index contributed by atoms with van der Waals surface area (Å²) >= 11 is 0. The molecular weight excluding hydrogens is 518 g/mol. The molecule has 1 unspecified atom stereocenters. The largest absolute Gasteiger partial charge is 0.312 e. The molecule has 0 amide bonds. The number of aryl methyl sites for hydroxylation is 1. The predicted molar refractivity (Wildman–Crippen MR) is 185 cm³/mol. The average molecular weight is 556 g/mol. The molecule has 210 valence electrons. The van der Waals surface area contributed by atoms with Crippen LogP contribution in [0.25, 0.3) is 51.0 Å². The van der Waals surface area contributed by atoms with Crippen molar-refractivity contribution in [3.63, 3.8) is 0 Å². The molecule has 7 rings (SSSR count). The van der Waals surface area contributed by atoms with E-state index in [9.17, 15) is 0 Å². The fourth-order valence-corrected chi connectivity index (χ4v) is 6.69. The van der Waals surface area contributed by atoms with Gasteiger partial charge in [-0.05, 0) is 83.3 Å². The van der Waals surface area contributed by atoms with E-state index in [1.807, 2.05) is 0 Å². The molecule has 0 bridgehead atoms. The van der Waals surface area contributed by atoms with Crippen molar-refractivity contribution >= 4 is 23.1 Å². The summed E-state index contributed by atoms with van der Waals surface area (Å²) in [4.78, 5) is 0. The maximum absolute atomic E-state index is 2.52. The predicted octanol–water partition coefficient (Wildman–Crippen LogP) is 11.4. The smallest absolute Gasteiger partial charge is 0.0572 e. The van der Waals surface area contributed by atoms with Gasteiger partial charge in [0.05, 0.1) is 5.52 Å². The van der Waals surface area contributed by atoms with Gasteiger partial charge < -0.3 is 4.57 Å². The zero-order valence-corrected chi connectivity index (χ0v) is 25.2. The third-order valence-corrected chi connectivity index (χ3v) is 8.97. The third-order valence-electron chi connectivity index (χ3n) is 8.97. The number of hydrogen-bond donors (Lipinski definition) is 0. The second kappa shape index (κ2) is 11.4. The van der Waals surface area contributed by atoms with E-state index in [1.165, 1.54) is 72.4 Å². The molecule has 1 aliphatic rings. The lowest BCUT2D eigenvalue weighted by atomic mass is 9.93. The molecule has 1 atom stereocenters. The van der Waals surface area contributed by atoms with Gasteiger partial charge in [-0.1, -0.05) is 134 Å². The topological polar surface area (TPSA) is 4.93 Å². The van der Waals surface area contributed by atoms with E-state index in [1.54, 1.807) is 0 Å². The Labute approximate surface area is 255 Å². The van der Waals surface area contributed by atoms with Crippen LogP contribution in [0, 0.1) is 6.92 Å². The first kappa shape index (κ1) is 27.0. The highest BCUT2D eigenvalue weighted by Crippen LogP contribution is 2.41. The van der Waals surface area contributed by atoms with E-state index in [0.29, 0.717) is 5.92 Å². The summed E-state index contributed by atoms with van der Waals surface area (Å²) in [6, 6.07) is 42.3. The zero-order chi connectivity index (χ0) is 29.3. The molecule has 0 aliphatic heterocycles. The standard InChI is InChI=1S/C42H37N/c1-4-9-33-24-27-40-39-13-8-10-29(2)41(39)43(42(40)30(33)3)38-25-22-37(23-26-38)36-20-16-32(17-21-36)28-31-14-18-35(19-15-31)34-11-6-5-7-12-34/h4-9,11-27,29H,10,28H2,1-3H3/b9-4-. The molecule has 0 spiro atoms. The second-order valence-corrected chi connectivity index (χ2v) is 11.8. The molecule has 0 N–H and O–H groups in total. The molecule has 0 saturated carbocycles. The van der Waals surface area contributed by atoms with Crippen LogP contribution in [0.5, 0.6) is 0 Å². The highest BCUT2D eigenvalue weighted by Gasteiger charge is 2.24. The van der Waals surface area contributed by atoms with E-state index in [-0.39, 0.29) is 0 Å². The minimum absolute atomic E-state index is 0.471. The fraction of sp³-hybridized carbons (Fsp3) is 0.143. The minimum Gasteiger partial charge on any atom is -0.312 e. The molecule has 1 aromatic heterocycles. The van der Waals surface area contributed by atoms with Crippen molar-refractivity contribution in [3.05, 3.63) is 161 Å². The van der Waals surface area contributed by atoms with Crippen LogP contribution < -0.4 is 0 Å². The van der Waals surface area contributed by atoms with Crippen LogP contribution in [0.4, 0.5) is 0 Å². The Balaban J connectivity index is 1.16. The van der Waals surface area contributed by atoms with Crippen molar-refractivity contribution in [2.45, 2.75) is 39.5 Å². The maximum Gasteiger partial charge on any atom is 0.0572 e. The first-order chi connectivity index (χ1) is 21.1. The number of benzene rings is 5. The normalized spacial score (nSPS) is 14.4. The molecule has 6 aromatic rings. The molecule has 5 aromatic carbocycles. The van der Waals surface area contributed by atoms with Gasteiger partial charge in [0.15, 0.2) is 0 Å². The zero-order valence-electron chi connectivity index (χ0n) is 25.2. The average Bonchev–Trinajstić information content (AvgIpc) is 3.40. The molecule has 0 fully saturated rings. The van der Waals surface area contributed by atoms with Gasteiger partial charge >= 0.3 is 0 Å². The summed E-state index contributed by atoms with van der Waals surface area (Å²) in [5.41, 5.74) is 15.6.